The summed E-state index contributed by atoms with van der Waals surface area (Å²) in [6.45, 7) is 0. The average molecular weight is 417 g/mol. The van der Waals surface area contributed by atoms with Gasteiger partial charge in [-0.2, -0.15) is 0 Å². The van der Waals surface area contributed by atoms with Crippen molar-refractivity contribution < 1.29 is 13.2 Å². The van der Waals surface area contributed by atoms with Gasteiger partial charge in [0.15, 0.2) is 0 Å². The topological polar surface area (TPSA) is 66.5 Å². The molecule has 0 saturated carbocycles. The number of sulfonamides is 1. The van der Waals surface area contributed by atoms with E-state index in [0.717, 1.165) is 10.2 Å². The van der Waals surface area contributed by atoms with Crippen LogP contribution in [0.25, 0.3) is 10.8 Å². The van der Waals surface area contributed by atoms with Gasteiger partial charge < -0.3 is 4.90 Å². The number of rotatable bonds is 3. The zero-order chi connectivity index (χ0) is 17.8. The van der Waals surface area contributed by atoms with Gasteiger partial charge in [-0.3, -0.25) is 9.52 Å². The third-order valence-electron chi connectivity index (χ3n) is 4.24. The quantitative estimate of drug-likeness (QED) is 0.701. The van der Waals surface area contributed by atoms with Crippen LogP contribution in [0.15, 0.2) is 64.0 Å². The van der Waals surface area contributed by atoms with Gasteiger partial charge in [0.1, 0.15) is 0 Å². The normalized spacial score (nSPS) is 13.5. The van der Waals surface area contributed by atoms with Crippen molar-refractivity contribution in [3.05, 3.63) is 64.6 Å². The Morgan fingerprint density at radius 2 is 1.80 bits per heavy atom. The number of carbonyl (C=O) groups excluding carboxylic acids is 1. The third-order valence-corrected chi connectivity index (χ3v) is 6.17. The Balaban J connectivity index is 1.89. The second-order valence-corrected chi connectivity index (χ2v) is 8.36. The van der Waals surface area contributed by atoms with Gasteiger partial charge in [-0.25, -0.2) is 8.42 Å². The van der Waals surface area contributed by atoms with Crippen LogP contribution in [0.5, 0.6) is 0 Å². The van der Waals surface area contributed by atoms with E-state index in [1.165, 1.54) is 11.0 Å². The first-order valence-corrected chi connectivity index (χ1v) is 9.78. The maximum Gasteiger partial charge on any atom is 0.262 e. The molecule has 1 aliphatic heterocycles. The summed E-state index contributed by atoms with van der Waals surface area (Å²) in [6.07, 6.45) is 0. The number of nitrogens with one attached hydrogen (secondary N) is 1. The fourth-order valence-electron chi connectivity index (χ4n) is 3.11. The van der Waals surface area contributed by atoms with E-state index in [2.05, 4.69) is 20.7 Å². The fourth-order valence-corrected chi connectivity index (χ4v) is 4.76. The van der Waals surface area contributed by atoms with Crippen molar-refractivity contribution in [1.29, 1.82) is 0 Å². The SMILES string of the molecule is CN1C(=O)c2cccc3c(S(=O)(=O)Nc4cccc(Br)c4)ccc1c23. The van der Waals surface area contributed by atoms with Crippen molar-refractivity contribution in [3.8, 4) is 0 Å². The lowest BCUT2D eigenvalue weighted by molar-refractivity contribution is 0.0999. The first-order chi connectivity index (χ1) is 11.9. The van der Waals surface area contributed by atoms with E-state index in [0.29, 0.717) is 22.0 Å². The molecule has 4 rings (SSSR count). The second kappa shape index (κ2) is 5.57. The smallest absolute Gasteiger partial charge is 0.262 e. The van der Waals surface area contributed by atoms with Gasteiger partial charge in [-0.1, -0.05) is 34.1 Å². The van der Waals surface area contributed by atoms with Crippen molar-refractivity contribution in [1.82, 2.24) is 0 Å². The monoisotopic (exact) mass is 416 g/mol. The van der Waals surface area contributed by atoms with Gasteiger partial charge in [0.2, 0.25) is 0 Å². The summed E-state index contributed by atoms with van der Waals surface area (Å²) in [5.74, 6) is -0.130. The van der Waals surface area contributed by atoms with Gasteiger partial charge in [0.05, 0.1) is 10.6 Å². The molecule has 0 spiro atoms. The lowest BCUT2D eigenvalue weighted by Gasteiger charge is -2.13. The van der Waals surface area contributed by atoms with Crippen LogP contribution in [0.2, 0.25) is 0 Å². The molecule has 0 aliphatic carbocycles. The van der Waals surface area contributed by atoms with Crippen molar-refractivity contribution in [2.75, 3.05) is 16.7 Å². The summed E-state index contributed by atoms with van der Waals surface area (Å²) in [6, 6.07) is 15.3. The summed E-state index contributed by atoms with van der Waals surface area (Å²) in [5, 5.41) is 1.21. The summed E-state index contributed by atoms with van der Waals surface area (Å²) in [4.78, 5) is 14.0. The van der Waals surface area contributed by atoms with Crippen LogP contribution < -0.4 is 9.62 Å². The summed E-state index contributed by atoms with van der Waals surface area (Å²) < 4.78 is 29.2. The zero-order valence-electron chi connectivity index (χ0n) is 13.2. The van der Waals surface area contributed by atoms with E-state index in [-0.39, 0.29) is 10.8 Å². The minimum Gasteiger partial charge on any atom is -0.311 e. The van der Waals surface area contributed by atoms with Crippen molar-refractivity contribution >= 4 is 54.0 Å². The molecule has 0 fully saturated rings. The molecular weight excluding hydrogens is 404 g/mol. The number of hydrogen-bond acceptors (Lipinski definition) is 3. The number of benzene rings is 3. The minimum atomic E-state index is -3.80. The lowest BCUT2D eigenvalue weighted by Crippen LogP contribution is -2.20. The number of amides is 1. The highest BCUT2D eigenvalue weighted by Crippen LogP contribution is 2.39. The molecule has 3 aromatic rings. The standard InChI is InChI=1S/C18H13BrN2O3S/c1-21-15-8-9-16(13-6-3-7-14(17(13)15)18(21)22)25(23,24)20-12-5-2-4-11(19)10-12/h2-10,20H,1H3. The van der Waals surface area contributed by atoms with Crippen LogP contribution in [0.1, 0.15) is 10.4 Å². The lowest BCUT2D eigenvalue weighted by atomic mass is 10.1. The first-order valence-electron chi connectivity index (χ1n) is 7.51. The molecule has 0 saturated heterocycles. The van der Waals surface area contributed by atoms with Crippen LogP contribution in [-0.4, -0.2) is 21.4 Å². The largest absolute Gasteiger partial charge is 0.311 e. The molecule has 1 aliphatic rings. The number of nitrogens with zero attached hydrogens (tertiary/aromatic N) is 1. The molecule has 5 nitrogen and oxygen atoms in total. The highest BCUT2D eigenvalue weighted by molar-refractivity contribution is 9.10. The molecule has 0 atom stereocenters. The first kappa shape index (κ1) is 16.1. The second-order valence-electron chi connectivity index (χ2n) is 5.79. The molecular formula is C18H13BrN2O3S. The Kier molecular flexibility index (Phi) is 3.59. The maximum atomic E-state index is 12.9. The van der Waals surface area contributed by atoms with Gasteiger partial charge >= 0.3 is 0 Å². The van der Waals surface area contributed by atoms with Gasteiger partial charge in [0, 0.05) is 33.5 Å². The van der Waals surface area contributed by atoms with Crippen molar-refractivity contribution in [3.63, 3.8) is 0 Å². The Bertz CT molecular complexity index is 1140. The third kappa shape index (κ3) is 2.51. The Morgan fingerprint density at radius 3 is 2.56 bits per heavy atom. The molecule has 126 valence electrons. The van der Waals surface area contributed by atoms with Crippen LogP contribution in [0.3, 0.4) is 0 Å². The predicted octanol–water partition coefficient (Wildman–Crippen LogP) is 3.99. The molecule has 25 heavy (non-hydrogen) atoms. The van der Waals surface area contributed by atoms with Gasteiger partial charge in [-0.15, -0.1) is 0 Å². The summed E-state index contributed by atoms with van der Waals surface area (Å²) in [7, 11) is -2.11. The number of anilines is 2. The molecule has 3 aromatic carbocycles. The predicted molar refractivity (Wildman–Crippen MR) is 102 cm³/mol. The van der Waals surface area contributed by atoms with E-state index in [9.17, 15) is 13.2 Å². The number of carbonyl (C=O) groups is 1. The Labute approximate surface area is 153 Å². The van der Waals surface area contributed by atoms with E-state index < -0.39 is 10.0 Å². The Morgan fingerprint density at radius 1 is 1.04 bits per heavy atom. The Hall–Kier alpha value is -2.38. The molecule has 1 heterocycles. The molecule has 1 amide bonds. The molecule has 0 aromatic heterocycles. The molecule has 0 bridgehead atoms. The summed E-state index contributed by atoms with van der Waals surface area (Å²) >= 11 is 3.33. The van der Waals surface area contributed by atoms with E-state index >= 15 is 0 Å². The average Bonchev–Trinajstić information content (AvgIpc) is 2.82. The zero-order valence-corrected chi connectivity index (χ0v) is 15.6. The maximum absolute atomic E-state index is 12.9. The highest BCUT2D eigenvalue weighted by atomic mass is 79.9. The van der Waals surface area contributed by atoms with Crippen LogP contribution in [0.4, 0.5) is 11.4 Å². The van der Waals surface area contributed by atoms with E-state index in [1.54, 1.807) is 49.5 Å². The molecule has 1 N–H and O–H groups in total. The molecule has 0 radical (unpaired) electrons. The number of halogens is 1. The van der Waals surface area contributed by atoms with E-state index in [1.807, 2.05) is 6.07 Å². The molecule has 0 unspecified atom stereocenters. The van der Waals surface area contributed by atoms with Gasteiger partial charge in [0.25, 0.3) is 15.9 Å². The van der Waals surface area contributed by atoms with E-state index in [4.69, 9.17) is 0 Å². The van der Waals surface area contributed by atoms with Crippen molar-refractivity contribution in [2.45, 2.75) is 4.90 Å². The van der Waals surface area contributed by atoms with Crippen molar-refractivity contribution in [2.24, 2.45) is 0 Å². The fraction of sp³-hybridized carbons (Fsp3) is 0.0556. The van der Waals surface area contributed by atoms with Crippen LogP contribution >= 0.6 is 15.9 Å². The van der Waals surface area contributed by atoms with Gasteiger partial charge in [-0.05, 0) is 36.4 Å². The van der Waals surface area contributed by atoms with Crippen LogP contribution in [0, 0.1) is 0 Å². The molecule has 7 heteroatoms. The minimum absolute atomic E-state index is 0.130. The summed E-state index contributed by atoms with van der Waals surface area (Å²) in [5.41, 5.74) is 1.71. The van der Waals surface area contributed by atoms with Crippen LogP contribution in [-0.2, 0) is 10.0 Å². The highest BCUT2D eigenvalue weighted by Gasteiger charge is 2.30. The number of hydrogen-bond donors (Lipinski definition) is 1.